The van der Waals surface area contributed by atoms with Gasteiger partial charge in [0.1, 0.15) is 12.1 Å². The van der Waals surface area contributed by atoms with Crippen LogP contribution in [0.15, 0.2) is 36.4 Å². The van der Waals surface area contributed by atoms with Crippen LogP contribution in [0.1, 0.15) is 39.2 Å². The first-order valence-corrected chi connectivity index (χ1v) is 8.84. The van der Waals surface area contributed by atoms with E-state index in [9.17, 15) is 24.5 Å². The average molecular weight is 422 g/mol. The zero-order valence-corrected chi connectivity index (χ0v) is 16.0. The molecule has 1 aliphatic rings. The Morgan fingerprint density at radius 3 is 2.57 bits per heavy atom. The minimum absolute atomic E-state index is 0.0965. The van der Waals surface area contributed by atoms with E-state index in [-0.39, 0.29) is 11.1 Å². The number of benzene rings is 2. The molecule has 3 rings (SSSR count). The highest BCUT2D eigenvalue weighted by Crippen LogP contribution is 2.31. The van der Waals surface area contributed by atoms with Crippen molar-refractivity contribution in [3.63, 3.8) is 0 Å². The number of imide groups is 1. The van der Waals surface area contributed by atoms with Crippen LogP contribution in [0.3, 0.4) is 0 Å². The van der Waals surface area contributed by atoms with Crippen molar-refractivity contribution in [2.75, 3.05) is 6.54 Å². The molecular formula is C18H13Cl2N3O5. The Hall–Kier alpha value is -2.97. The third-order valence-electron chi connectivity index (χ3n) is 4.28. The fourth-order valence-electron chi connectivity index (χ4n) is 2.97. The zero-order chi connectivity index (χ0) is 20.6. The predicted molar refractivity (Wildman–Crippen MR) is 101 cm³/mol. The normalized spacial score (nSPS) is 14.0. The Balaban J connectivity index is 1.76. The number of fused-ring (bicyclic) bond motifs is 1. The molecule has 8 nitrogen and oxygen atoms in total. The molecule has 0 unspecified atom stereocenters. The molecule has 1 aliphatic heterocycles. The zero-order valence-electron chi connectivity index (χ0n) is 14.4. The van der Waals surface area contributed by atoms with E-state index in [1.54, 1.807) is 19.1 Å². The maximum atomic E-state index is 12.5. The number of carbonyl (C=O) groups is 3. The van der Waals surface area contributed by atoms with Crippen molar-refractivity contribution >= 4 is 46.6 Å². The summed E-state index contributed by atoms with van der Waals surface area (Å²) >= 11 is 12.0. The molecule has 0 aromatic heterocycles. The number of carbonyl (C=O) groups excluding carboxylic acids is 3. The van der Waals surface area contributed by atoms with E-state index in [0.29, 0.717) is 20.5 Å². The van der Waals surface area contributed by atoms with Crippen molar-refractivity contribution in [3.8, 4) is 0 Å². The van der Waals surface area contributed by atoms with Crippen molar-refractivity contribution in [2.24, 2.45) is 0 Å². The third-order valence-corrected chi connectivity index (χ3v) is 4.84. The summed E-state index contributed by atoms with van der Waals surface area (Å²) in [7, 11) is 0. The molecule has 0 bridgehead atoms. The summed E-state index contributed by atoms with van der Waals surface area (Å²) in [6.45, 7) is 1.11. The third kappa shape index (κ3) is 3.56. The lowest BCUT2D eigenvalue weighted by Crippen LogP contribution is -2.41. The standard InChI is InChI=1S/C18H13Cl2N3O5/c1-9(11-6-5-10(19)7-13(11)20)21-15(24)8-22-17(25)12-3-2-4-14(23(27)28)16(12)18(22)26/h2-7,9H,8H2,1H3,(H,21,24)/t9-/m0/s1. The van der Waals surface area contributed by atoms with Crippen LogP contribution in [0.25, 0.3) is 0 Å². The second-order valence-electron chi connectivity index (χ2n) is 6.11. The van der Waals surface area contributed by atoms with E-state index in [2.05, 4.69) is 5.32 Å². The summed E-state index contributed by atoms with van der Waals surface area (Å²) in [6.07, 6.45) is 0. The summed E-state index contributed by atoms with van der Waals surface area (Å²) in [5, 5.41) is 14.6. The first-order chi connectivity index (χ1) is 13.2. The summed E-state index contributed by atoms with van der Waals surface area (Å²) in [5.41, 5.74) is -0.266. The van der Waals surface area contributed by atoms with Gasteiger partial charge in [-0.1, -0.05) is 35.3 Å². The maximum absolute atomic E-state index is 12.5. The highest BCUT2D eigenvalue weighted by atomic mass is 35.5. The summed E-state index contributed by atoms with van der Waals surface area (Å²) in [4.78, 5) is 48.4. The van der Waals surface area contributed by atoms with Crippen LogP contribution < -0.4 is 5.32 Å². The van der Waals surface area contributed by atoms with Gasteiger partial charge in [0.05, 0.1) is 16.5 Å². The number of hydrogen-bond donors (Lipinski definition) is 1. The Kier molecular flexibility index (Phi) is 5.35. The Labute approximate surface area is 169 Å². The Morgan fingerprint density at radius 2 is 1.93 bits per heavy atom. The van der Waals surface area contributed by atoms with Gasteiger partial charge in [-0.2, -0.15) is 0 Å². The highest BCUT2D eigenvalue weighted by Gasteiger charge is 2.41. The van der Waals surface area contributed by atoms with Crippen LogP contribution in [0.4, 0.5) is 5.69 Å². The maximum Gasteiger partial charge on any atom is 0.282 e. The van der Waals surface area contributed by atoms with Gasteiger partial charge in [0.2, 0.25) is 5.91 Å². The second kappa shape index (κ2) is 7.57. The minimum Gasteiger partial charge on any atom is -0.348 e. The van der Waals surface area contributed by atoms with Gasteiger partial charge < -0.3 is 5.32 Å². The SMILES string of the molecule is C[C@H](NC(=O)CN1C(=O)c2cccc([N+](=O)[O-])c2C1=O)c1ccc(Cl)cc1Cl. The number of nitrogens with one attached hydrogen (secondary N) is 1. The van der Waals surface area contributed by atoms with Gasteiger partial charge >= 0.3 is 0 Å². The van der Waals surface area contributed by atoms with Crippen LogP contribution in [-0.2, 0) is 4.79 Å². The number of rotatable bonds is 5. The molecule has 2 aromatic carbocycles. The van der Waals surface area contributed by atoms with Crippen LogP contribution in [0.5, 0.6) is 0 Å². The molecule has 0 radical (unpaired) electrons. The largest absolute Gasteiger partial charge is 0.348 e. The van der Waals surface area contributed by atoms with Crippen molar-refractivity contribution in [2.45, 2.75) is 13.0 Å². The highest BCUT2D eigenvalue weighted by molar-refractivity contribution is 6.35. The lowest BCUT2D eigenvalue weighted by Gasteiger charge is -2.18. The number of nitrogens with zero attached hydrogens (tertiary/aromatic N) is 2. The molecule has 10 heteroatoms. The molecule has 144 valence electrons. The number of nitro benzene ring substituents is 1. The molecule has 1 atom stereocenters. The van der Waals surface area contributed by atoms with Crippen molar-refractivity contribution in [1.82, 2.24) is 10.2 Å². The van der Waals surface area contributed by atoms with Gasteiger partial charge in [0, 0.05) is 16.1 Å². The molecule has 0 aliphatic carbocycles. The molecule has 1 N–H and O–H groups in total. The van der Waals surface area contributed by atoms with Gasteiger partial charge in [-0.25, -0.2) is 0 Å². The van der Waals surface area contributed by atoms with Gasteiger partial charge in [0.15, 0.2) is 0 Å². The quantitative estimate of drug-likeness (QED) is 0.451. The number of amides is 3. The first-order valence-electron chi connectivity index (χ1n) is 8.08. The van der Waals surface area contributed by atoms with Crippen LogP contribution in [0.2, 0.25) is 10.0 Å². The summed E-state index contributed by atoms with van der Waals surface area (Å²) in [6, 6.07) is 8.06. The number of nitro groups is 1. The molecule has 2 aromatic rings. The van der Waals surface area contributed by atoms with E-state index in [1.165, 1.54) is 18.2 Å². The molecule has 28 heavy (non-hydrogen) atoms. The minimum atomic E-state index is -0.875. The smallest absolute Gasteiger partial charge is 0.282 e. The lowest BCUT2D eigenvalue weighted by molar-refractivity contribution is -0.385. The first kappa shape index (κ1) is 19.8. The van der Waals surface area contributed by atoms with Gasteiger partial charge in [-0.15, -0.1) is 0 Å². The van der Waals surface area contributed by atoms with Gasteiger partial charge in [-0.3, -0.25) is 29.4 Å². The Morgan fingerprint density at radius 1 is 1.21 bits per heavy atom. The van der Waals surface area contributed by atoms with Gasteiger partial charge in [-0.05, 0) is 30.7 Å². The van der Waals surface area contributed by atoms with E-state index in [1.807, 2.05) is 0 Å². The van der Waals surface area contributed by atoms with E-state index in [0.717, 1.165) is 6.07 Å². The monoisotopic (exact) mass is 421 g/mol. The predicted octanol–water partition coefficient (Wildman–Crippen LogP) is 3.38. The van der Waals surface area contributed by atoms with E-state index < -0.39 is 40.9 Å². The fourth-order valence-corrected chi connectivity index (χ4v) is 3.54. The second-order valence-corrected chi connectivity index (χ2v) is 6.95. The molecule has 3 amide bonds. The van der Waals surface area contributed by atoms with E-state index >= 15 is 0 Å². The van der Waals surface area contributed by atoms with Crippen LogP contribution in [0, 0.1) is 10.1 Å². The summed E-state index contributed by atoms with van der Waals surface area (Å²) < 4.78 is 0. The van der Waals surface area contributed by atoms with Crippen molar-refractivity contribution < 1.29 is 19.3 Å². The average Bonchev–Trinajstić information content (AvgIpc) is 2.86. The molecular weight excluding hydrogens is 409 g/mol. The molecule has 1 heterocycles. The van der Waals surface area contributed by atoms with Crippen LogP contribution in [-0.4, -0.2) is 34.1 Å². The van der Waals surface area contributed by atoms with Crippen LogP contribution >= 0.6 is 23.2 Å². The summed E-state index contributed by atoms with van der Waals surface area (Å²) in [5.74, 6) is -2.24. The fraction of sp³-hybridized carbons (Fsp3) is 0.167. The molecule has 0 saturated heterocycles. The molecule has 0 fully saturated rings. The molecule has 0 spiro atoms. The topological polar surface area (TPSA) is 110 Å². The number of halogens is 2. The Bertz CT molecular complexity index is 1020. The number of hydrogen-bond acceptors (Lipinski definition) is 5. The van der Waals surface area contributed by atoms with E-state index in [4.69, 9.17) is 23.2 Å². The van der Waals surface area contributed by atoms with Crippen molar-refractivity contribution in [1.29, 1.82) is 0 Å². The van der Waals surface area contributed by atoms with Gasteiger partial charge in [0.25, 0.3) is 17.5 Å². The lowest BCUT2D eigenvalue weighted by atomic mass is 10.1. The van der Waals surface area contributed by atoms with Crippen molar-refractivity contribution in [3.05, 3.63) is 73.2 Å². The molecule has 0 saturated carbocycles.